The Morgan fingerprint density at radius 1 is 1.41 bits per heavy atom. The van der Waals surface area contributed by atoms with Crippen LogP contribution in [0.2, 0.25) is 0 Å². The Labute approximate surface area is 105 Å². The van der Waals surface area contributed by atoms with Crippen LogP contribution in [-0.4, -0.2) is 32.4 Å². The molecule has 0 saturated carbocycles. The third-order valence-electron chi connectivity index (χ3n) is 1.90. The SMILES string of the molecule is CNC(=O)Oc1ccccc1O[C@H](CCl)OC. The number of hydrogen-bond acceptors (Lipinski definition) is 4. The van der Waals surface area contributed by atoms with Gasteiger partial charge >= 0.3 is 6.09 Å². The lowest BCUT2D eigenvalue weighted by Crippen LogP contribution is -2.24. The van der Waals surface area contributed by atoms with E-state index >= 15 is 0 Å². The van der Waals surface area contributed by atoms with Crippen LogP contribution in [0, 0.1) is 0 Å². The van der Waals surface area contributed by atoms with Crippen molar-refractivity contribution >= 4 is 17.7 Å². The maximum atomic E-state index is 11.1. The van der Waals surface area contributed by atoms with Crippen molar-refractivity contribution in [1.82, 2.24) is 5.32 Å². The standard InChI is InChI=1S/C11H14ClNO4/c1-13-11(14)17-9-6-4-3-5-8(9)16-10(7-12)15-2/h3-6,10H,7H2,1-2H3,(H,13,14)/t10-/m1/s1. The van der Waals surface area contributed by atoms with Gasteiger partial charge in [-0.3, -0.25) is 0 Å². The Balaban J connectivity index is 2.80. The van der Waals surface area contributed by atoms with Crippen LogP contribution in [-0.2, 0) is 4.74 Å². The first-order valence-corrected chi connectivity index (χ1v) is 5.48. The summed E-state index contributed by atoms with van der Waals surface area (Å²) in [6.07, 6.45) is -1.16. The highest BCUT2D eigenvalue weighted by molar-refractivity contribution is 6.18. The monoisotopic (exact) mass is 259 g/mol. The van der Waals surface area contributed by atoms with Crippen LogP contribution in [0.3, 0.4) is 0 Å². The molecule has 0 aliphatic carbocycles. The first kappa shape index (κ1) is 13.6. The highest BCUT2D eigenvalue weighted by atomic mass is 35.5. The highest BCUT2D eigenvalue weighted by Gasteiger charge is 2.13. The van der Waals surface area contributed by atoms with Gasteiger partial charge in [-0.2, -0.15) is 0 Å². The number of methoxy groups -OCH3 is 1. The molecule has 0 saturated heterocycles. The second-order valence-electron chi connectivity index (χ2n) is 3.02. The zero-order valence-electron chi connectivity index (χ0n) is 9.60. The van der Waals surface area contributed by atoms with Gasteiger partial charge < -0.3 is 19.5 Å². The molecule has 1 atom stereocenters. The van der Waals surface area contributed by atoms with E-state index in [0.717, 1.165) is 0 Å². The summed E-state index contributed by atoms with van der Waals surface area (Å²) >= 11 is 5.63. The van der Waals surface area contributed by atoms with Crippen LogP contribution >= 0.6 is 11.6 Å². The summed E-state index contributed by atoms with van der Waals surface area (Å²) in [4.78, 5) is 11.1. The molecule has 0 bridgehead atoms. The molecule has 1 rings (SSSR count). The predicted octanol–water partition coefficient (Wildman–Crippen LogP) is 1.99. The van der Waals surface area contributed by atoms with E-state index in [2.05, 4.69) is 5.32 Å². The molecule has 0 heterocycles. The van der Waals surface area contributed by atoms with Gasteiger partial charge in [0.1, 0.15) is 0 Å². The van der Waals surface area contributed by atoms with Gasteiger partial charge in [0.2, 0.25) is 6.29 Å². The average Bonchev–Trinajstić information content (AvgIpc) is 2.37. The molecule has 0 unspecified atom stereocenters. The van der Waals surface area contributed by atoms with Crippen LogP contribution in [0.1, 0.15) is 0 Å². The van der Waals surface area contributed by atoms with Crippen molar-refractivity contribution in [2.24, 2.45) is 0 Å². The van der Waals surface area contributed by atoms with Crippen molar-refractivity contribution in [1.29, 1.82) is 0 Å². The lowest BCUT2D eigenvalue weighted by atomic mass is 10.3. The third kappa shape index (κ3) is 4.13. The molecular formula is C11H14ClNO4. The Morgan fingerprint density at radius 3 is 2.59 bits per heavy atom. The van der Waals surface area contributed by atoms with E-state index in [1.807, 2.05) is 0 Å². The summed E-state index contributed by atoms with van der Waals surface area (Å²) < 4.78 is 15.4. The van der Waals surface area contributed by atoms with Crippen LogP contribution in [0.4, 0.5) is 4.79 Å². The van der Waals surface area contributed by atoms with Crippen molar-refractivity contribution in [3.8, 4) is 11.5 Å². The molecule has 0 fully saturated rings. The van der Waals surface area contributed by atoms with Gasteiger partial charge in [-0.05, 0) is 12.1 Å². The number of para-hydroxylation sites is 2. The lowest BCUT2D eigenvalue weighted by molar-refractivity contribution is -0.0366. The summed E-state index contributed by atoms with van der Waals surface area (Å²) in [6.45, 7) is 0. The number of carbonyl (C=O) groups is 1. The van der Waals surface area contributed by atoms with Gasteiger partial charge in [0.15, 0.2) is 11.5 Å². The molecule has 0 spiro atoms. The van der Waals surface area contributed by atoms with Crippen molar-refractivity contribution in [2.45, 2.75) is 6.29 Å². The van der Waals surface area contributed by atoms with Crippen LogP contribution in [0.15, 0.2) is 24.3 Å². The normalized spacial score (nSPS) is 11.7. The van der Waals surface area contributed by atoms with Crippen LogP contribution in [0.25, 0.3) is 0 Å². The molecule has 1 amide bonds. The Hall–Kier alpha value is -1.46. The number of benzene rings is 1. The second-order valence-corrected chi connectivity index (χ2v) is 3.33. The maximum absolute atomic E-state index is 11.1. The molecule has 0 aromatic heterocycles. The fraction of sp³-hybridized carbons (Fsp3) is 0.364. The molecule has 1 aromatic rings. The molecule has 0 aliphatic rings. The zero-order valence-corrected chi connectivity index (χ0v) is 10.4. The predicted molar refractivity (Wildman–Crippen MR) is 63.7 cm³/mol. The minimum atomic E-state index is -0.592. The highest BCUT2D eigenvalue weighted by Crippen LogP contribution is 2.27. The van der Waals surface area contributed by atoms with Crippen molar-refractivity contribution < 1.29 is 19.0 Å². The van der Waals surface area contributed by atoms with Crippen molar-refractivity contribution in [2.75, 3.05) is 20.0 Å². The smallest absolute Gasteiger partial charge is 0.412 e. The van der Waals surface area contributed by atoms with Crippen molar-refractivity contribution in [3.63, 3.8) is 0 Å². The van der Waals surface area contributed by atoms with Gasteiger partial charge in [0, 0.05) is 14.2 Å². The fourth-order valence-electron chi connectivity index (χ4n) is 1.07. The summed E-state index contributed by atoms with van der Waals surface area (Å²) in [7, 11) is 2.96. The number of rotatable bonds is 5. The van der Waals surface area contributed by atoms with E-state index in [4.69, 9.17) is 25.8 Å². The number of hydrogen-bond donors (Lipinski definition) is 1. The second kappa shape index (κ2) is 6.98. The molecule has 5 nitrogen and oxygen atoms in total. The van der Waals surface area contributed by atoms with E-state index in [0.29, 0.717) is 11.5 Å². The number of halogens is 1. The molecule has 0 radical (unpaired) electrons. The van der Waals surface area contributed by atoms with Crippen LogP contribution < -0.4 is 14.8 Å². The molecule has 0 aliphatic heterocycles. The number of ether oxygens (including phenoxy) is 3. The zero-order chi connectivity index (χ0) is 12.7. The Kier molecular flexibility index (Phi) is 5.59. The molecule has 17 heavy (non-hydrogen) atoms. The van der Waals surface area contributed by atoms with Gasteiger partial charge in [-0.1, -0.05) is 12.1 Å². The molecule has 1 N–H and O–H groups in total. The van der Waals surface area contributed by atoms with Gasteiger partial charge in [-0.25, -0.2) is 4.79 Å². The number of alkyl halides is 1. The van der Waals surface area contributed by atoms with E-state index < -0.39 is 12.4 Å². The molecule has 1 aromatic carbocycles. The average molecular weight is 260 g/mol. The summed E-state index contributed by atoms with van der Waals surface area (Å²) in [5.74, 6) is 0.868. The Morgan fingerprint density at radius 2 is 2.06 bits per heavy atom. The van der Waals surface area contributed by atoms with E-state index in [-0.39, 0.29) is 5.88 Å². The number of carbonyl (C=O) groups excluding carboxylic acids is 1. The number of amides is 1. The van der Waals surface area contributed by atoms with Gasteiger partial charge in [-0.15, -0.1) is 11.6 Å². The maximum Gasteiger partial charge on any atom is 0.412 e. The molecule has 6 heteroatoms. The minimum Gasteiger partial charge on any atom is -0.460 e. The Bertz CT molecular complexity index is 368. The molecule has 94 valence electrons. The fourth-order valence-corrected chi connectivity index (χ4v) is 1.26. The van der Waals surface area contributed by atoms with Gasteiger partial charge in [0.05, 0.1) is 5.88 Å². The first-order chi connectivity index (χ1) is 8.21. The number of nitrogens with one attached hydrogen (secondary N) is 1. The summed E-state index contributed by atoms with van der Waals surface area (Å²) in [5, 5.41) is 2.35. The van der Waals surface area contributed by atoms with E-state index in [1.54, 1.807) is 24.3 Å². The van der Waals surface area contributed by atoms with Crippen molar-refractivity contribution in [3.05, 3.63) is 24.3 Å². The van der Waals surface area contributed by atoms with E-state index in [1.165, 1.54) is 14.2 Å². The van der Waals surface area contributed by atoms with Gasteiger partial charge in [0.25, 0.3) is 0 Å². The minimum absolute atomic E-state index is 0.171. The first-order valence-electron chi connectivity index (χ1n) is 4.95. The molecular weight excluding hydrogens is 246 g/mol. The topological polar surface area (TPSA) is 56.8 Å². The summed E-state index contributed by atoms with van der Waals surface area (Å²) in [6, 6.07) is 6.77. The van der Waals surface area contributed by atoms with E-state index in [9.17, 15) is 4.79 Å². The largest absolute Gasteiger partial charge is 0.460 e. The third-order valence-corrected chi connectivity index (χ3v) is 2.16. The quantitative estimate of drug-likeness (QED) is 0.649. The van der Waals surface area contributed by atoms with Crippen LogP contribution in [0.5, 0.6) is 11.5 Å². The lowest BCUT2D eigenvalue weighted by Gasteiger charge is -2.16. The summed E-state index contributed by atoms with van der Waals surface area (Å²) in [5.41, 5.74) is 0.